The van der Waals surface area contributed by atoms with Crippen molar-refractivity contribution in [3.8, 4) is 0 Å². The van der Waals surface area contributed by atoms with E-state index >= 15 is 0 Å². The van der Waals surface area contributed by atoms with Crippen molar-refractivity contribution in [3.63, 3.8) is 0 Å². The van der Waals surface area contributed by atoms with Crippen LogP contribution in [0.4, 0.5) is 8.78 Å². The first kappa shape index (κ1) is 22.1. The fraction of sp³-hybridized carbons (Fsp3) is 0.333. The van der Waals surface area contributed by atoms with Crippen molar-refractivity contribution in [3.05, 3.63) is 70.9 Å². The number of rotatable bonds is 6. The van der Waals surface area contributed by atoms with Crippen LogP contribution in [0.25, 0.3) is 10.9 Å². The maximum absolute atomic E-state index is 14.7. The first-order valence-corrected chi connectivity index (χ1v) is 10.5. The number of nitrogens with one attached hydrogen (secondary N) is 1. The molecular formula is C24H24F2N2O4. The molecule has 2 aromatic carbocycles. The largest absolute Gasteiger partial charge is 0.389 e. The third-order valence-electron chi connectivity index (χ3n) is 5.78. The predicted octanol–water partition coefficient (Wildman–Crippen LogP) is 3.44. The Balaban J connectivity index is 1.67. The Morgan fingerprint density at radius 3 is 2.75 bits per heavy atom. The van der Waals surface area contributed by atoms with E-state index in [0.29, 0.717) is 29.7 Å². The molecule has 168 valence electrons. The molecule has 4 rings (SSSR count). The number of fused-ring (bicyclic) bond motifs is 1. The van der Waals surface area contributed by atoms with E-state index < -0.39 is 29.7 Å². The number of amides is 1. The zero-order valence-electron chi connectivity index (χ0n) is 17.6. The fourth-order valence-corrected chi connectivity index (χ4v) is 3.99. The molecule has 2 N–H and O–H groups in total. The van der Waals surface area contributed by atoms with Crippen molar-refractivity contribution < 1.29 is 28.2 Å². The van der Waals surface area contributed by atoms with E-state index in [1.807, 2.05) is 0 Å². The van der Waals surface area contributed by atoms with E-state index in [2.05, 4.69) is 5.32 Å². The van der Waals surface area contributed by atoms with Crippen LogP contribution in [0.5, 0.6) is 0 Å². The summed E-state index contributed by atoms with van der Waals surface area (Å²) in [6.45, 7) is 2.30. The third kappa shape index (κ3) is 4.28. The maximum Gasteiger partial charge on any atom is 0.253 e. The number of aromatic nitrogens is 1. The summed E-state index contributed by atoms with van der Waals surface area (Å²) >= 11 is 0. The molecule has 3 aromatic rings. The standard InChI is InChI=1S/C24H24F2N2O4/c1-2-21(29)14-6-7-15(18(26)10-14)11-28-12-16(23-17(25)4-3-5-20(23)28)24(31)27-19-8-9-32-13-22(19)30/h3-7,10,12,19,22,30H,2,8-9,11,13H2,1H3,(H,27,31)/t19-,22-/m0/s1. The van der Waals surface area contributed by atoms with Crippen molar-refractivity contribution in [2.45, 2.75) is 38.5 Å². The second kappa shape index (κ2) is 9.18. The van der Waals surface area contributed by atoms with Gasteiger partial charge in [0.15, 0.2) is 5.78 Å². The Hall–Kier alpha value is -3.10. The summed E-state index contributed by atoms with van der Waals surface area (Å²) < 4.78 is 36.2. The topological polar surface area (TPSA) is 80.6 Å². The number of aliphatic hydroxyl groups excluding tert-OH is 1. The number of ketones is 1. The summed E-state index contributed by atoms with van der Waals surface area (Å²) in [5.41, 5.74) is 1.16. The van der Waals surface area contributed by atoms with Crippen LogP contribution in [-0.4, -0.2) is 46.7 Å². The van der Waals surface area contributed by atoms with E-state index in [1.54, 1.807) is 23.6 Å². The van der Waals surface area contributed by atoms with E-state index in [-0.39, 0.29) is 36.3 Å². The van der Waals surface area contributed by atoms with Gasteiger partial charge in [-0.25, -0.2) is 8.78 Å². The minimum Gasteiger partial charge on any atom is -0.389 e. The van der Waals surface area contributed by atoms with Crippen molar-refractivity contribution in [2.75, 3.05) is 13.2 Å². The molecule has 6 nitrogen and oxygen atoms in total. The fourth-order valence-electron chi connectivity index (χ4n) is 3.99. The number of aliphatic hydroxyl groups is 1. The van der Waals surface area contributed by atoms with Crippen LogP contribution in [0.2, 0.25) is 0 Å². The van der Waals surface area contributed by atoms with Crippen LogP contribution < -0.4 is 5.32 Å². The summed E-state index contributed by atoms with van der Waals surface area (Å²) in [6, 6.07) is 8.25. The normalized spacial score (nSPS) is 18.6. The molecule has 1 aromatic heterocycles. The zero-order valence-corrected chi connectivity index (χ0v) is 17.6. The molecule has 8 heteroatoms. The average Bonchev–Trinajstić information content (AvgIpc) is 3.16. The molecule has 0 bridgehead atoms. The number of ether oxygens (including phenoxy) is 1. The number of carbonyl (C=O) groups is 2. The Bertz CT molecular complexity index is 1170. The molecule has 1 amide bonds. The van der Waals surface area contributed by atoms with Crippen LogP contribution >= 0.6 is 0 Å². The molecule has 0 spiro atoms. The van der Waals surface area contributed by atoms with Crippen molar-refractivity contribution >= 4 is 22.6 Å². The van der Waals surface area contributed by atoms with Gasteiger partial charge in [-0.3, -0.25) is 9.59 Å². The van der Waals surface area contributed by atoms with E-state index in [0.717, 1.165) is 0 Å². The average molecular weight is 442 g/mol. The lowest BCUT2D eigenvalue weighted by molar-refractivity contribution is -0.0260. The molecule has 32 heavy (non-hydrogen) atoms. The number of hydrogen-bond acceptors (Lipinski definition) is 4. The molecule has 0 saturated carbocycles. The predicted molar refractivity (Wildman–Crippen MR) is 115 cm³/mol. The van der Waals surface area contributed by atoms with Crippen LogP contribution in [0.1, 0.15) is 46.0 Å². The Morgan fingerprint density at radius 1 is 1.22 bits per heavy atom. The summed E-state index contributed by atoms with van der Waals surface area (Å²) in [5.74, 6) is -1.78. The van der Waals surface area contributed by atoms with Gasteiger partial charge >= 0.3 is 0 Å². The van der Waals surface area contributed by atoms with Crippen LogP contribution in [0.3, 0.4) is 0 Å². The minimum atomic E-state index is -0.843. The van der Waals surface area contributed by atoms with E-state index in [1.165, 1.54) is 30.5 Å². The van der Waals surface area contributed by atoms with Gasteiger partial charge in [0.2, 0.25) is 0 Å². The zero-order chi connectivity index (χ0) is 22.8. The van der Waals surface area contributed by atoms with Gasteiger partial charge in [-0.15, -0.1) is 0 Å². The molecule has 2 heterocycles. The second-order valence-corrected chi connectivity index (χ2v) is 7.90. The summed E-state index contributed by atoms with van der Waals surface area (Å²) in [4.78, 5) is 24.8. The van der Waals surface area contributed by atoms with Crippen LogP contribution in [-0.2, 0) is 11.3 Å². The molecule has 1 saturated heterocycles. The number of halogens is 2. The number of carbonyl (C=O) groups excluding carboxylic acids is 2. The molecular weight excluding hydrogens is 418 g/mol. The van der Waals surface area contributed by atoms with Gasteiger partial charge in [0.1, 0.15) is 11.6 Å². The van der Waals surface area contributed by atoms with Crippen molar-refractivity contribution in [1.82, 2.24) is 9.88 Å². The van der Waals surface area contributed by atoms with Crippen LogP contribution in [0, 0.1) is 11.6 Å². The van der Waals surface area contributed by atoms with Crippen molar-refractivity contribution in [2.24, 2.45) is 0 Å². The molecule has 1 fully saturated rings. The number of hydrogen-bond donors (Lipinski definition) is 2. The van der Waals surface area contributed by atoms with Gasteiger partial charge in [-0.1, -0.05) is 25.1 Å². The van der Waals surface area contributed by atoms with Gasteiger partial charge in [-0.05, 0) is 24.6 Å². The van der Waals surface area contributed by atoms with Gasteiger partial charge < -0.3 is 19.7 Å². The summed E-state index contributed by atoms with van der Waals surface area (Å²) in [7, 11) is 0. The lowest BCUT2D eigenvalue weighted by Gasteiger charge is -2.28. The highest BCUT2D eigenvalue weighted by Crippen LogP contribution is 2.26. The van der Waals surface area contributed by atoms with Gasteiger partial charge in [0.05, 0.1) is 36.4 Å². The Morgan fingerprint density at radius 2 is 2.03 bits per heavy atom. The highest BCUT2D eigenvalue weighted by atomic mass is 19.1. The number of benzene rings is 2. The first-order chi connectivity index (χ1) is 15.4. The van der Waals surface area contributed by atoms with Gasteiger partial charge in [0.25, 0.3) is 5.91 Å². The first-order valence-electron chi connectivity index (χ1n) is 10.5. The lowest BCUT2D eigenvalue weighted by Crippen LogP contribution is -2.48. The monoisotopic (exact) mass is 442 g/mol. The summed E-state index contributed by atoms with van der Waals surface area (Å²) in [6.07, 6.45) is 1.37. The highest BCUT2D eigenvalue weighted by molar-refractivity contribution is 6.07. The van der Waals surface area contributed by atoms with Gasteiger partial charge in [0, 0.05) is 35.7 Å². The number of Topliss-reactive ketones (excluding diaryl/α,β-unsaturated/α-hetero) is 1. The Kier molecular flexibility index (Phi) is 6.34. The Labute approximate surface area is 183 Å². The maximum atomic E-state index is 14.7. The smallest absolute Gasteiger partial charge is 0.253 e. The second-order valence-electron chi connectivity index (χ2n) is 7.90. The van der Waals surface area contributed by atoms with E-state index in [4.69, 9.17) is 4.74 Å². The van der Waals surface area contributed by atoms with Gasteiger partial charge in [-0.2, -0.15) is 0 Å². The molecule has 0 aliphatic carbocycles. The molecule has 1 aliphatic heterocycles. The quantitative estimate of drug-likeness (QED) is 0.573. The minimum absolute atomic E-state index is 0.0551. The van der Waals surface area contributed by atoms with Crippen molar-refractivity contribution in [1.29, 1.82) is 0 Å². The lowest BCUT2D eigenvalue weighted by atomic mass is 10.1. The molecule has 0 unspecified atom stereocenters. The van der Waals surface area contributed by atoms with Crippen LogP contribution in [0.15, 0.2) is 42.6 Å². The molecule has 2 atom stereocenters. The third-order valence-corrected chi connectivity index (χ3v) is 5.78. The summed E-state index contributed by atoms with van der Waals surface area (Å²) in [5, 5.41) is 12.9. The van der Waals surface area contributed by atoms with E-state index in [9.17, 15) is 23.5 Å². The highest BCUT2D eigenvalue weighted by Gasteiger charge is 2.27. The molecule has 0 radical (unpaired) electrons. The SMILES string of the molecule is CCC(=O)c1ccc(Cn2cc(C(=O)N[C@H]3CCOC[C@@H]3O)c3c(F)cccc32)c(F)c1. The number of nitrogens with zero attached hydrogens (tertiary/aromatic N) is 1. The molecule has 1 aliphatic rings.